The van der Waals surface area contributed by atoms with E-state index in [4.69, 9.17) is 0 Å². The van der Waals surface area contributed by atoms with E-state index in [9.17, 15) is 12.8 Å². The van der Waals surface area contributed by atoms with Gasteiger partial charge in [0.1, 0.15) is 5.82 Å². The molecular weight excluding hydrogens is 347 g/mol. The highest BCUT2D eigenvalue weighted by Crippen LogP contribution is 2.39. The van der Waals surface area contributed by atoms with E-state index in [-0.39, 0.29) is 4.90 Å². The van der Waals surface area contributed by atoms with Gasteiger partial charge in [-0.25, -0.2) is 12.8 Å². The molecule has 0 saturated carbocycles. The van der Waals surface area contributed by atoms with Crippen molar-refractivity contribution in [1.82, 2.24) is 0 Å². The van der Waals surface area contributed by atoms with E-state index in [2.05, 4.69) is 0 Å². The number of sulfone groups is 1. The van der Waals surface area contributed by atoms with Crippen LogP contribution in [0.5, 0.6) is 0 Å². The molecule has 2 aromatic rings. The lowest BCUT2D eigenvalue weighted by Gasteiger charge is -2.17. The summed E-state index contributed by atoms with van der Waals surface area (Å²) in [4.78, 5) is 0.479. The highest BCUT2D eigenvalue weighted by Gasteiger charge is 2.28. The topological polar surface area (TPSA) is 34.1 Å². The Kier molecular flexibility index (Phi) is 4.65. The summed E-state index contributed by atoms with van der Waals surface area (Å²) in [6.07, 6.45) is 2.81. The summed E-state index contributed by atoms with van der Waals surface area (Å²) in [5.74, 6) is -0.434. The first-order valence-electron chi connectivity index (χ1n) is 8.62. The van der Waals surface area contributed by atoms with Gasteiger partial charge in [0.15, 0.2) is 0 Å². The zero-order valence-electron chi connectivity index (χ0n) is 15.8. The Morgan fingerprint density at radius 1 is 0.923 bits per heavy atom. The lowest BCUT2D eigenvalue weighted by molar-refractivity contribution is 0.593. The third-order valence-corrected chi connectivity index (χ3v) is 7.03. The number of allylic oxidation sites excluding steroid dienone is 4. The molecule has 136 valence electrons. The van der Waals surface area contributed by atoms with Crippen LogP contribution in [0, 0.1) is 26.6 Å². The molecule has 1 aliphatic carbocycles. The van der Waals surface area contributed by atoms with Crippen LogP contribution in [0.4, 0.5) is 4.39 Å². The van der Waals surface area contributed by atoms with Crippen LogP contribution in [-0.4, -0.2) is 8.42 Å². The number of hydrogen-bond acceptors (Lipinski definition) is 2. The van der Waals surface area contributed by atoms with Gasteiger partial charge < -0.3 is 0 Å². The fourth-order valence-corrected chi connectivity index (χ4v) is 5.80. The second-order valence-electron chi connectivity index (χ2n) is 7.12. The Labute approximate surface area is 155 Å². The SMILES string of the molecule is CC1=CCC(C)=C1c1cc(F)ccc1S(=O)(=O)c1c(C)cc(C)cc1C. The van der Waals surface area contributed by atoms with Gasteiger partial charge in [0, 0.05) is 5.56 Å². The smallest absolute Gasteiger partial charge is 0.207 e. The fraction of sp³-hybridized carbons (Fsp3) is 0.273. The molecule has 0 fully saturated rings. The normalized spacial score (nSPS) is 14.8. The Hall–Kier alpha value is -2.20. The molecule has 0 heterocycles. The van der Waals surface area contributed by atoms with E-state index >= 15 is 0 Å². The molecule has 26 heavy (non-hydrogen) atoms. The first-order valence-corrected chi connectivity index (χ1v) is 10.1. The predicted octanol–water partition coefficient (Wildman–Crippen LogP) is 5.71. The zero-order chi connectivity index (χ0) is 19.2. The molecule has 0 atom stereocenters. The van der Waals surface area contributed by atoms with Gasteiger partial charge in [-0.2, -0.15) is 0 Å². The molecule has 0 aromatic heterocycles. The third-order valence-electron chi connectivity index (χ3n) is 4.91. The molecule has 2 nitrogen and oxygen atoms in total. The minimum absolute atomic E-state index is 0.165. The van der Waals surface area contributed by atoms with Crippen molar-refractivity contribution in [3.05, 3.63) is 75.6 Å². The van der Waals surface area contributed by atoms with Crippen molar-refractivity contribution in [2.75, 3.05) is 0 Å². The molecule has 2 aromatic carbocycles. The van der Waals surface area contributed by atoms with Crippen LogP contribution in [0.15, 0.2) is 57.3 Å². The van der Waals surface area contributed by atoms with Gasteiger partial charge >= 0.3 is 0 Å². The molecular formula is C22H23FO2S. The number of hydrogen-bond donors (Lipinski definition) is 0. The second kappa shape index (κ2) is 6.51. The molecule has 0 amide bonds. The van der Waals surface area contributed by atoms with Crippen molar-refractivity contribution in [1.29, 1.82) is 0 Å². The van der Waals surface area contributed by atoms with Gasteiger partial charge in [-0.05, 0) is 81.5 Å². The summed E-state index contributed by atoms with van der Waals surface area (Å²) in [7, 11) is -3.78. The minimum Gasteiger partial charge on any atom is -0.218 e. The molecule has 0 N–H and O–H groups in total. The molecule has 0 bridgehead atoms. The average molecular weight is 370 g/mol. The quantitative estimate of drug-likeness (QED) is 0.649. The Morgan fingerprint density at radius 2 is 1.54 bits per heavy atom. The summed E-state index contributed by atoms with van der Waals surface area (Å²) >= 11 is 0. The molecule has 0 unspecified atom stereocenters. The van der Waals surface area contributed by atoms with Crippen molar-refractivity contribution >= 4 is 15.4 Å². The van der Waals surface area contributed by atoms with Gasteiger partial charge in [0.25, 0.3) is 0 Å². The lowest BCUT2D eigenvalue weighted by atomic mass is 9.98. The Bertz CT molecular complexity index is 1050. The molecule has 0 spiro atoms. The largest absolute Gasteiger partial charge is 0.218 e. The highest BCUT2D eigenvalue weighted by atomic mass is 32.2. The average Bonchev–Trinajstić information content (AvgIpc) is 2.84. The van der Waals surface area contributed by atoms with Gasteiger partial charge in [-0.1, -0.05) is 29.3 Å². The summed E-state index contributed by atoms with van der Waals surface area (Å²) < 4.78 is 41.1. The first kappa shape index (κ1) is 18.6. The summed E-state index contributed by atoms with van der Waals surface area (Å²) in [5, 5.41) is 0. The van der Waals surface area contributed by atoms with E-state index < -0.39 is 15.7 Å². The van der Waals surface area contributed by atoms with Crippen LogP contribution in [0.1, 0.15) is 42.5 Å². The molecule has 1 aliphatic rings. The summed E-state index contributed by atoms with van der Waals surface area (Å²) in [6.45, 7) is 9.46. The number of rotatable bonds is 3. The first-order chi connectivity index (χ1) is 12.1. The number of aryl methyl sites for hydroxylation is 3. The maximum Gasteiger partial charge on any atom is 0.207 e. The van der Waals surface area contributed by atoms with Crippen LogP contribution in [0.2, 0.25) is 0 Å². The fourth-order valence-electron chi connectivity index (χ4n) is 3.92. The van der Waals surface area contributed by atoms with Crippen molar-refractivity contribution in [2.24, 2.45) is 0 Å². The van der Waals surface area contributed by atoms with E-state index in [0.29, 0.717) is 21.6 Å². The third kappa shape index (κ3) is 3.03. The maximum absolute atomic E-state index is 14.0. The maximum atomic E-state index is 14.0. The summed E-state index contributed by atoms with van der Waals surface area (Å²) in [6, 6.07) is 7.69. The van der Waals surface area contributed by atoms with E-state index in [0.717, 1.165) is 28.7 Å². The van der Waals surface area contributed by atoms with E-state index in [1.54, 1.807) is 13.8 Å². The van der Waals surface area contributed by atoms with Gasteiger partial charge in [0.05, 0.1) is 9.79 Å². The van der Waals surface area contributed by atoms with Crippen LogP contribution in [0.25, 0.3) is 5.57 Å². The van der Waals surface area contributed by atoms with Gasteiger partial charge in [-0.3, -0.25) is 0 Å². The predicted molar refractivity (Wildman–Crippen MR) is 103 cm³/mol. The molecule has 4 heteroatoms. The molecule has 0 aliphatic heterocycles. The van der Waals surface area contributed by atoms with Crippen LogP contribution in [-0.2, 0) is 9.84 Å². The summed E-state index contributed by atoms with van der Waals surface area (Å²) in [5.41, 5.74) is 5.78. The van der Waals surface area contributed by atoms with E-state index in [1.807, 2.05) is 39.0 Å². The van der Waals surface area contributed by atoms with Crippen molar-refractivity contribution in [2.45, 2.75) is 50.8 Å². The van der Waals surface area contributed by atoms with Crippen molar-refractivity contribution < 1.29 is 12.8 Å². The van der Waals surface area contributed by atoms with Crippen molar-refractivity contribution in [3.8, 4) is 0 Å². The number of halogens is 1. The van der Waals surface area contributed by atoms with Gasteiger partial charge in [0.2, 0.25) is 9.84 Å². The minimum atomic E-state index is -3.78. The van der Waals surface area contributed by atoms with Crippen LogP contribution in [0.3, 0.4) is 0 Å². The monoisotopic (exact) mass is 370 g/mol. The van der Waals surface area contributed by atoms with Crippen LogP contribution < -0.4 is 0 Å². The van der Waals surface area contributed by atoms with E-state index in [1.165, 1.54) is 18.2 Å². The molecule has 0 saturated heterocycles. The zero-order valence-corrected chi connectivity index (χ0v) is 16.6. The standard InChI is InChI=1S/C22H23FO2S/c1-13-10-16(4)22(17(5)11-13)26(24,25)20-9-8-18(23)12-19(20)21-14(2)6-7-15(21)3/h6,8-12H,7H2,1-5H3. The Morgan fingerprint density at radius 3 is 2.08 bits per heavy atom. The highest BCUT2D eigenvalue weighted by molar-refractivity contribution is 7.91. The lowest BCUT2D eigenvalue weighted by Crippen LogP contribution is -2.10. The molecule has 0 radical (unpaired) electrons. The molecule has 3 rings (SSSR count). The van der Waals surface area contributed by atoms with Crippen molar-refractivity contribution in [3.63, 3.8) is 0 Å². The van der Waals surface area contributed by atoms with Gasteiger partial charge in [-0.15, -0.1) is 0 Å². The second-order valence-corrected chi connectivity index (χ2v) is 8.97. The van der Waals surface area contributed by atoms with Crippen LogP contribution >= 0.6 is 0 Å². The Balaban J connectivity index is 2.32. The number of benzene rings is 2.